The molecular formula is C17H23N3O2. The van der Waals surface area contributed by atoms with Gasteiger partial charge in [-0.3, -0.25) is 0 Å². The van der Waals surface area contributed by atoms with E-state index < -0.39 is 0 Å². The standard InChI is InChI=1S/C17H23N3O2/c1-2-14-7-3-4-9-16(14)19-17(21)20(11-6-10-18)13-15-8-5-12-22-15/h3-4,7,9,15H,2,5-6,8,11-13H2,1H3,(H,19,21). The molecule has 1 fully saturated rings. The Morgan fingerprint density at radius 3 is 3.00 bits per heavy atom. The second-order valence-electron chi connectivity index (χ2n) is 5.43. The van der Waals surface area contributed by atoms with Gasteiger partial charge in [0.25, 0.3) is 0 Å². The number of hydrogen-bond acceptors (Lipinski definition) is 3. The largest absolute Gasteiger partial charge is 0.376 e. The lowest BCUT2D eigenvalue weighted by Crippen LogP contribution is -2.40. The molecular weight excluding hydrogens is 278 g/mol. The number of aryl methyl sites for hydroxylation is 1. The van der Waals surface area contributed by atoms with Gasteiger partial charge >= 0.3 is 6.03 Å². The van der Waals surface area contributed by atoms with Crippen molar-refractivity contribution in [2.24, 2.45) is 0 Å². The van der Waals surface area contributed by atoms with Gasteiger partial charge in [0, 0.05) is 25.4 Å². The average Bonchev–Trinajstić information content (AvgIpc) is 3.05. The Morgan fingerprint density at radius 2 is 2.32 bits per heavy atom. The van der Waals surface area contributed by atoms with Crippen LogP contribution in [0, 0.1) is 11.3 Å². The van der Waals surface area contributed by atoms with Gasteiger partial charge in [-0.05, 0) is 30.9 Å². The van der Waals surface area contributed by atoms with Crippen molar-refractivity contribution < 1.29 is 9.53 Å². The van der Waals surface area contributed by atoms with E-state index in [1.807, 2.05) is 24.3 Å². The molecule has 1 aromatic carbocycles. The zero-order chi connectivity index (χ0) is 15.8. The number of carbonyl (C=O) groups is 1. The lowest BCUT2D eigenvalue weighted by molar-refractivity contribution is 0.0841. The molecule has 1 unspecified atom stereocenters. The van der Waals surface area contributed by atoms with Crippen molar-refractivity contribution >= 4 is 11.7 Å². The number of ether oxygens (including phenoxy) is 1. The first-order valence-corrected chi connectivity index (χ1v) is 7.87. The first kappa shape index (κ1) is 16.3. The number of para-hydroxylation sites is 1. The molecule has 1 aliphatic heterocycles. The van der Waals surface area contributed by atoms with Crippen LogP contribution in [0.2, 0.25) is 0 Å². The summed E-state index contributed by atoms with van der Waals surface area (Å²) >= 11 is 0. The summed E-state index contributed by atoms with van der Waals surface area (Å²) in [6.45, 7) is 3.79. The number of benzene rings is 1. The highest BCUT2D eigenvalue weighted by Gasteiger charge is 2.22. The molecule has 1 aliphatic rings. The monoisotopic (exact) mass is 301 g/mol. The second-order valence-corrected chi connectivity index (χ2v) is 5.43. The van der Waals surface area contributed by atoms with E-state index in [0.717, 1.165) is 37.1 Å². The van der Waals surface area contributed by atoms with Crippen LogP contribution in [0.5, 0.6) is 0 Å². The van der Waals surface area contributed by atoms with Gasteiger partial charge in [-0.15, -0.1) is 0 Å². The minimum Gasteiger partial charge on any atom is -0.376 e. The fraction of sp³-hybridized carbons (Fsp3) is 0.529. The van der Waals surface area contributed by atoms with Crippen molar-refractivity contribution in [2.45, 2.75) is 38.7 Å². The Morgan fingerprint density at radius 1 is 1.50 bits per heavy atom. The minimum atomic E-state index is -0.161. The fourth-order valence-corrected chi connectivity index (χ4v) is 2.64. The van der Waals surface area contributed by atoms with Crippen molar-refractivity contribution in [2.75, 3.05) is 25.0 Å². The Hall–Kier alpha value is -2.06. The summed E-state index contributed by atoms with van der Waals surface area (Å²) in [6.07, 6.45) is 3.29. The van der Waals surface area contributed by atoms with Gasteiger partial charge in [0.05, 0.1) is 18.6 Å². The lowest BCUT2D eigenvalue weighted by Gasteiger charge is -2.25. The van der Waals surface area contributed by atoms with E-state index in [1.165, 1.54) is 0 Å². The van der Waals surface area contributed by atoms with E-state index in [0.29, 0.717) is 19.5 Å². The van der Waals surface area contributed by atoms with E-state index in [-0.39, 0.29) is 12.1 Å². The van der Waals surface area contributed by atoms with Gasteiger partial charge in [-0.25, -0.2) is 4.79 Å². The number of nitriles is 1. The Balaban J connectivity index is 2.02. The maximum atomic E-state index is 12.5. The number of nitrogens with zero attached hydrogens (tertiary/aromatic N) is 2. The number of urea groups is 1. The predicted octanol–water partition coefficient (Wildman–Crippen LogP) is 3.18. The van der Waals surface area contributed by atoms with E-state index in [4.69, 9.17) is 10.00 Å². The summed E-state index contributed by atoms with van der Waals surface area (Å²) in [6, 6.07) is 9.74. The van der Waals surface area contributed by atoms with Crippen LogP contribution < -0.4 is 5.32 Å². The molecule has 1 aromatic rings. The van der Waals surface area contributed by atoms with Crippen molar-refractivity contribution in [3.8, 4) is 6.07 Å². The van der Waals surface area contributed by atoms with E-state index >= 15 is 0 Å². The van der Waals surface area contributed by atoms with Crippen LogP contribution in [0.1, 0.15) is 31.7 Å². The van der Waals surface area contributed by atoms with Crippen LogP contribution in [0.15, 0.2) is 24.3 Å². The number of nitrogens with one attached hydrogen (secondary N) is 1. The van der Waals surface area contributed by atoms with Crippen molar-refractivity contribution in [3.05, 3.63) is 29.8 Å². The molecule has 1 atom stereocenters. The fourth-order valence-electron chi connectivity index (χ4n) is 2.64. The van der Waals surface area contributed by atoms with E-state index in [2.05, 4.69) is 18.3 Å². The Kier molecular flexibility index (Phi) is 6.23. The average molecular weight is 301 g/mol. The Bertz CT molecular complexity index is 533. The summed E-state index contributed by atoms with van der Waals surface area (Å²) in [5, 5.41) is 11.8. The second kappa shape index (κ2) is 8.40. The summed E-state index contributed by atoms with van der Waals surface area (Å²) in [4.78, 5) is 14.2. The molecule has 0 saturated carbocycles. The highest BCUT2D eigenvalue weighted by atomic mass is 16.5. The highest BCUT2D eigenvalue weighted by molar-refractivity contribution is 5.90. The van der Waals surface area contributed by atoms with Crippen molar-refractivity contribution in [3.63, 3.8) is 0 Å². The molecule has 5 nitrogen and oxygen atoms in total. The zero-order valence-corrected chi connectivity index (χ0v) is 13.0. The molecule has 1 N–H and O–H groups in total. The molecule has 2 amide bonds. The SMILES string of the molecule is CCc1ccccc1NC(=O)N(CCC#N)CC1CCCO1. The first-order valence-electron chi connectivity index (χ1n) is 7.87. The zero-order valence-electron chi connectivity index (χ0n) is 13.0. The summed E-state index contributed by atoms with van der Waals surface area (Å²) in [5.41, 5.74) is 1.94. The maximum absolute atomic E-state index is 12.5. The third-order valence-corrected chi connectivity index (χ3v) is 3.87. The molecule has 118 valence electrons. The number of amides is 2. The predicted molar refractivity (Wildman–Crippen MR) is 85.6 cm³/mol. The first-order chi connectivity index (χ1) is 10.7. The molecule has 5 heteroatoms. The summed E-state index contributed by atoms with van der Waals surface area (Å²) in [5.74, 6) is 0. The molecule has 2 rings (SSSR count). The maximum Gasteiger partial charge on any atom is 0.321 e. The molecule has 0 bridgehead atoms. The molecule has 22 heavy (non-hydrogen) atoms. The minimum absolute atomic E-state index is 0.0888. The van der Waals surface area contributed by atoms with Gasteiger partial charge in [-0.1, -0.05) is 25.1 Å². The number of anilines is 1. The summed E-state index contributed by atoms with van der Waals surface area (Å²) < 4.78 is 5.60. The van der Waals surface area contributed by atoms with Crippen LogP contribution in [-0.2, 0) is 11.2 Å². The number of hydrogen-bond donors (Lipinski definition) is 1. The molecule has 0 radical (unpaired) electrons. The lowest BCUT2D eigenvalue weighted by atomic mass is 10.1. The van der Waals surface area contributed by atoms with Crippen LogP contribution >= 0.6 is 0 Å². The van der Waals surface area contributed by atoms with Crippen LogP contribution in [0.4, 0.5) is 10.5 Å². The molecule has 1 heterocycles. The molecule has 0 spiro atoms. The van der Waals surface area contributed by atoms with Crippen LogP contribution in [0.3, 0.4) is 0 Å². The topological polar surface area (TPSA) is 65.4 Å². The third-order valence-electron chi connectivity index (χ3n) is 3.87. The highest BCUT2D eigenvalue weighted by Crippen LogP contribution is 2.18. The quantitative estimate of drug-likeness (QED) is 0.877. The van der Waals surface area contributed by atoms with E-state index in [9.17, 15) is 4.79 Å². The van der Waals surface area contributed by atoms with Gasteiger partial charge < -0.3 is 15.0 Å². The van der Waals surface area contributed by atoms with Gasteiger partial charge in [0.1, 0.15) is 0 Å². The number of rotatable bonds is 6. The van der Waals surface area contributed by atoms with E-state index in [1.54, 1.807) is 4.90 Å². The molecule has 0 aliphatic carbocycles. The number of carbonyl (C=O) groups excluding carboxylic acids is 1. The molecule has 1 saturated heterocycles. The molecule has 0 aromatic heterocycles. The smallest absolute Gasteiger partial charge is 0.321 e. The van der Waals surface area contributed by atoms with Gasteiger partial charge in [0.2, 0.25) is 0 Å². The van der Waals surface area contributed by atoms with Gasteiger partial charge in [-0.2, -0.15) is 5.26 Å². The van der Waals surface area contributed by atoms with Crippen molar-refractivity contribution in [1.82, 2.24) is 4.90 Å². The summed E-state index contributed by atoms with van der Waals surface area (Å²) in [7, 11) is 0. The normalized spacial score (nSPS) is 17.0. The third kappa shape index (κ3) is 4.47. The van der Waals surface area contributed by atoms with Crippen LogP contribution in [0.25, 0.3) is 0 Å². The van der Waals surface area contributed by atoms with Crippen molar-refractivity contribution in [1.29, 1.82) is 5.26 Å². The van der Waals surface area contributed by atoms with Gasteiger partial charge in [0.15, 0.2) is 0 Å². The Labute approximate surface area is 131 Å². The van der Waals surface area contributed by atoms with Crippen LogP contribution in [-0.4, -0.2) is 36.7 Å².